The quantitative estimate of drug-likeness (QED) is 0.667. The zero-order chi connectivity index (χ0) is 17.7. The van der Waals surface area contributed by atoms with Gasteiger partial charge in [-0.2, -0.15) is 0 Å². The van der Waals surface area contributed by atoms with Crippen molar-refractivity contribution >= 4 is 17.7 Å². The first-order valence-corrected chi connectivity index (χ1v) is 6.80. The van der Waals surface area contributed by atoms with Gasteiger partial charge < -0.3 is 14.8 Å². The second kappa shape index (κ2) is 7.54. The number of nitrogens with one attached hydrogen (secondary N) is 1. The molecule has 0 heterocycles. The highest BCUT2D eigenvalue weighted by atomic mass is 19.2. The van der Waals surface area contributed by atoms with Crippen molar-refractivity contribution in [2.75, 3.05) is 19.5 Å². The summed E-state index contributed by atoms with van der Waals surface area (Å²) in [4.78, 5) is 11.8. The van der Waals surface area contributed by atoms with E-state index in [1.54, 1.807) is 18.2 Å². The number of rotatable bonds is 5. The number of hydrogen-bond acceptors (Lipinski definition) is 3. The number of hydrogen-bond donors (Lipinski definition) is 1. The van der Waals surface area contributed by atoms with Gasteiger partial charge in [-0.15, -0.1) is 0 Å². The lowest BCUT2D eigenvalue weighted by atomic mass is 10.1. The topological polar surface area (TPSA) is 47.6 Å². The van der Waals surface area contributed by atoms with Gasteiger partial charge in [0.1, 0.15) is 17.3 Å². The monoisotopic (exact) mass is 337 g/mol. The third-order valence-electron chi connectivity index (χ3n) is 3.12. The molecule has 0 spiro atoms. The van der Waals surface area contributed by atoms with Crippen molar-refractivity contribution in [3.63, 3.8) is 0 Å². The van der Waals surface area contributed by atoms with Crippen molar-refractivity contribution in [1.82, 2.24) is 0 Å². The van der Waals surface area contributed by atoms with Gasteiger partial charge in [0, 0.05) is 29.8 Å². The van der Waals surface area contributed by atoms with Gasteiger partial charge in [-0.25, -0.2) is 13.2 Å². The van der Waals surface area contributed by atoms with Gasteiger partial charge in [-0.3, -0.25) is 4.79 Å². The summed E-state index contributed by atoms with van der Waals surface area (Å²) >= 11 is 0. The maximum Gasteiger partial charge on any atom is 0.248 e. The molecule has 0 fully saturated rings. The van der Waals surface area contributed by atoms with Crippen LogP contribution in [0.3, 0.4) is 0 Å². The fraction of sp³-hybridized carbons (Fsp3) is 0.118. The van der Waals surface area contributed by atoms with Crippen LogP contribution in [0, 0.1) is 17.5 Å². The molecule has 1 N–H and O–H groups in total. The molecule has 0 aromatic heterocycles. The molecule has 2 aromatic carbocycles. The first kappa shape index (κ1) is 17.4. The molecule has 0 saturated heterocycles. The van der Waals surface area contributed by atoms with E-state index in [1.165, 1.54) is 20.3 Å². The van der Waals surface area contributed by atoms with Gasteiger partial charge >= 0.3 is 0 Å². The number of amides is 1. The Morgan fingerprint density at radius 1 is 1.00 bits per heavy atom. The van der Waals surface area contributed by atoms with Crippen LogP contribution in [0.15, 0.2) is 36.4 Å². The Bertz CT molecular complexity index is 791. The Balaban J connectivity index is 2.15. The number of benzene rings is 2. The van der Waals surface area contributed by atoms with Crippen molar-refractivity contribution < 1.29 is 27.4 Å². The van der Waals surface area contributed by atoms with Crippen LogP contribution >= 0.6 is 0 Å². The molecule has 0 bridgehead atoms. The molecule has 0 radical (unpaired) electrons. The SMILES string of the molecule is COc1ccc(/C=C/C(=O)Nc2cc(F)c(F)cc2F)c(OC)c1. The van der Waals surface area contributed by atoms with Crippen LogP contribution in [-0.4, -0.2) is 20.1 Å². The third-order valence-corrected chi connectivity index (χ3v) is 3.12. The van der Waals surface area contributed by atoms with Crippen LogP contribution in [0.25, 0.3) is 6.08 Å². The van der Waals surface area contributed by atoms with Crippen molar-refractivity contribution in [3.05, 3.63) is 59.4 Å². The number of carbonyl (C=O) groups is 1. The predicted octanol–water partition coefficient (Wildman–Crippen LogP) is 3.77. The maximum absolute atomic E-state index is 13.5. The van der Waals surface area contributed by atoms with Gasteiger partial charge in [0.15, 0.2) is 11.6 Å². The maximum atomic E-state index is 13.5. The van der Waals surface area contributed by atoms with Crippen LogP contribution in [-0.2, 0) is 4.79 Å². The summed E-state index contributed by atoms with van der Waals surface area (Å²) in [5.41, 5.74) is 0.129. The smallest absolute Gasteiger partial charge is 0.248 e. The Morgan fingerprint density at radius 2 is 1.71 bits per heavy atom. The summed E-state index contributed by atoms with van der Waals surface area (Å²) in [6, 6.07) is 5.91. The van der Waals surface area contributed by atoms with E-state index in [4.69, 9.17) is 9.47 Å². The molecule has 7 heteroatoms. The van der Waals surface area contributed by atoms with E-state index in [2.05, 4.69) is 5.32 Å². The number of halogens is 3. The number of methoxy groups -OCH3 is 2. The third kappa shape index (κ3) is 4.07. The Morgan fingerprint density at radius 3 is 2.38 bits per heavy atom. The lowest BCUT2D eigenvalue weighted by molar-refractivity contribution is -0.111. The van der Waals surface area contributed by atoms with E-state index in [-0.39, 0.29) is 0 Å². The standard InChI is InChI=1S/C17H14F3NO3/c1-23-11-5-3-10(16(7-11)24-2)4-6-17(22)21-15-9-13(19)12(18)8-14(15)20/h3-9H,1-2H3,(H,21,22)/b6-4+. The molecule has 0 aliphatic carbocycles. The highest BCUT2D eigenvalue weighted by molar-refractivity contribution is 6.02. The summed E-state index contributed by atoms with van der Waals surface area (Å²) in [5.74, 6) is -3.32. The van der Waals surface area contributed by atoms with Crippen LogP contribution in [0.1, 0.15) is 5.56 Å². The molecule has 0 aliphatic rings. The van der Waals surface area contributed by atoms with Gasteiger partial charge in [0.25, 0.3) is 0 Å². The van der Waals surface area contributed by atoms with E-state index in [0.29, 0.717) is 29.2 Å². The molecule has 24 heavy (non-hydrogen) atoms. The van der Waals surface area contributed by atoms with Crippen LogP contribution in [0.2, 0.25) is 0 Å². The largest absolute Gasteiger partial charge is 0.497 e. The zero-order valence-corrected chi connectivity index (χ0v) is 12.9. The first-order valence-electron chi connectivity index (χ1n) is 6.80. The average molecular weight is 337 g/mol. The van der Waals surface area contributed by atoms with E-state index < -0.39 is 29.0 Å². The van der Waals surface area contributed by atoms with Crippen LogP contribution < -0.4 is 14.8 Å². The number of ether oxygens (including phenoxy) is 2. The minimum atomic E-state index is -1.33. The Hall–Kier alpha value is -2.96. The predicted molar refractivity (Wildman–Crippen MR) is 83.5 cm³/mol. The van der Waals surface area contributed by atoms with Gasteiger partial charge in [0.2, 0.25) is 5.91 Å². The van der Waals surface area contributed by atoms with Gasteiger partial charge in [0.05, 0.1) is 19.9 Å². The van der Waals surface area contributed by atoms with Crippen molar-refractivity contribution in [2.24, 2.45) is 0 Å². The molecule has 126 valence electrons. The molecule has 2 rings (SSSR count). The molecular weight excluding hydrogens is 323 g/mol. The highest BCUT2D eigenvalue weighted by Crippen LogP contribution is 2.25. The van der Waals surface area contributed by atoms with Gasteiger partial charge in [-0.1, -0.05) is 0 Å². The molecule has 2 aromatic rings. The Labute approximate surface area is 136 Å². The van der Waals surface area contributed by atoms with Crippen molar-refractivity contribution in [1.29, 1.82) is 0 Å². The Kier molecular flexibility index (Phi) is 5.47. The minimum absolute atomic E-state index is 0.362. The van der Waals surface area contributed by atoms with Crippen LogP contribution in [0.4, 0.5) is 18.9 Å². The number of carbonyl (C=O) groups excluding carboxylic acids is 1. The summed E-state index contributed by atoms with van der Waals surface area (Å²) < 4.78 is 49.6. The molecule has 0 saturated carbocycles. The minimum Gasteiger partial charge on any atom is -0.497 e. The average Bonchev–Trinajstić information content (AvgIpc) is 2.57. The molecule has 4 nitrogen and oxygen atoms in total. The number of anilines is 1. The second-order valence-corrected chi connectivity index (χ2v) is 4.68. The van der Waals surface area contributed by atoms with E-state index in [1.807, 2.05) is 0 Å². The fourth-order valence-corrected chi connectivity index (χ4v) is 1.91. The highest BCUT2D eigenvalue weighted by Gasteiger charge is 2.11. The molecular formula is C17H14F3NO3. The zero-order valence-electron chi connectivity index (χ0n) is 12.9. The second-order valence-electron chi connectivity index (χ2n) is 4.68. The van der Waals surface area contributed by atoms with Crippen molar-refractivity contribution in [3.8, 4) is 11.5 Å². The summed E-state index contributed by atoms with van der Waals surface area (Å²) in [7, 11) is 2.97. The lowest BCUT2D eigenvalue weighted by Gasteiger charge is -2.07. The summed E-state index contributed by atoms with van der Waals surface area (Å²) in [6.07, 6.45) is 2.55. The van der Waals surface area contributed by atoms with E-state index in [0.717, 1.165) is 6.08 Å². The lowest BCUT2D eigenvalue weighted by Crippen LogP contribution is -2.10. The first-order chi connectivity index (χ1) is 11.4. The molecule has 1 amide bonds. The van der Waals surface area contributed by atoms with E-state index in [9.17, 15) is 18.0 Å². The van der Waals surface area contributed by atoms with Crippen LogP contribution in [0.5, 0.6) is 11.5 Å². The normalized spacial score (nSPS) is 10.7. The molecule has 0 unspecified atom stereocenters. The van der Waals surface area contributed by atoms with E-state index >= 15 is 0 Å². The van der Waals surface area contributed by atoms with Crippen molar-refractivity contribution in [2.45, 2.75) is 0 Å². The summed E-state index contributed by atoms with van der Waals surface area (Å²) in [5, 5.41) is 2.14. The molecule has 0 atom stereocenters. The summed E-state index contributed by atoms with van der Waals surface area (Å²) in [6.45, 7) is 0. The van der Waals surface area contributed by atoms with Gasteiger partial charge in [-0.05, 0) is 18.2 Å². The fourth-order valence-electron chi connectivity index (χ4n) is 1.91. The molecule has 0 aliphatic heterocycles.